The first kappa shape index (κ1) is 13.9. The standard InChI is InChI=1S/C16H17NO3/c1-12(13-6-4-3-5-7-13)20-16(18)17-14-8-10-15(19-2)11-9-14/h3-12H,1-2H3,(H,17,18)/t12-/m0/s1. The van der Waals surface area contributed by atoms with Gasteiger partial charge in [0.1, 0.15) is 11.9 Å². The van der Waals surface area contributed by atoms with E-state index in [9.17, 15) is 4.79 Å². The summed E-state index contributed by atoms with van der Waals surface area (Å²) in [5.74, 6) is 0.738. The van der Waals surface area contributed by atoms with Crippen LogP contribution >= 0.6 is 0 Å². The Morgan fingerprint density at radius 3 is 2.30 bits per heavy atom. The van der Waals surface area contributed by atoms with Crippen molar-refractivity contribution in [3.63, 3.8) is 0 Å². The number of ether oxygens (including phenoxy) is 2. The normalized spacial score (nSPS) is 11.5. The molecule has 0 spiro atoms. The van der Waals surface area contributed by atoms with Crippen LogP contribution in [0.15, 0.2) is 54.6 Å². The lowest BCUT2D eigenvalue weighted by atomic mass is 10.1. The maximum atomic E-state index is 11.8. The molecule has 0 bridgehead atoms. The molecule has 4 nitrogen and oxygen atoms in total. The van der Waals surface area contributed by atoms with Crippen molar-refractivity contribution in [1.82, 2.24) is 0 Å². The highest BCUT2D eigenvalue weighted by Gasteiger charge is 2.11. The first-order valence-corrected chi connectivity index (χ1v) is 6.35. The first-order valence-electron chi connectivity index (χ1n) is 6.35. The zero-order chi connectivity index (χ0) is 14.4. The molecule has 1 amide bonds. The lowest BCUT2D eigenvalue weighted by Gasteiger charge is -2.14. The molecule has 4 heteroatoms. The van der Waals surface area contributed by atoms with Crippen LogP contribution in [-0.2, 0) is 4.74 Å². The SMILES string of the molecule is COc1ccc(NC(=O)O[C@@H](C)c2ccccc2)cc1. The predicted octanol–water partition coefficient (Wildman–Crippen LogP) is 4.00. The van der Waals surface area contributed by atoms with Crippen LogP contribution in [-0.4, -0.2) is 13.2 Å². The maximum Gasteiger partial charge on any atom is 0.412 e. The fourth-order valence-corrected chi connectivity index (χ4v) is 1.77. The highest BCUT2D eigenvalue weighted by atomic mass is 16.6. The van der Waals surface area contributed by atoms with Gasteiger partial charge in [-0.2, -0.15) is 0 Å². The Kier molecular flexibility index (Phi) is 4.60. The summed E-state index contributed by atoms with van der Waals surface area (Å²) in [6.07, 6.45) is -0.777. The van der Waals surface area contributed by atoms with Crippen LogP contribution < -0.4 is 10.1 Å². The molecule has 20 heavy (non-hydrogen) atoms. The summed E-state index contributed by atoms with van der Waals surface area (Å²) in [5.41, 5.74) is 1.62. The summed E-state index contributed by atoms with van der Waals surface area (Å²) in [6, 6.07) is 16.7. The van der Waals surface area contributed by atoms with Crippen LogP contribution in [0.1, 0.15) is 18.6 Å². The van der Waals surface area contributed by atoms with E-state index < -0.39 is 6.09 Å². The van der Waals surface area contributed by atoms with E-state index in [0.29, 0.717) is 5.69 Å². The molecule has 0 aromatic heterocycles. The Balaban J connectivity index is 1.91. The van der Waals surface area contributed by atoms with Crippen molar-refractivity contribution in [2.24, 2.45) is 0 Å². The molecule has 0 heterocycles. The molecule has 1 N–H and O–H groups in total. The smallest absolute Gasteiger partial charge is 0.412 e. The number of nitrogens with one attached hydrogen (secondary N) is 1. The van der Waals surface area contributed by atoms with E-state index in [1.165, 1.54) is 0 Å². The molecule has 104 valence electrons. The number of hydrogen-bond acceptors (Lipinski definition) is 3. The van der Waals surface area contributed by atoms with Gasteiger partial charge in [0.15, 0.2) is 0 Å². The van der Waals surface area contributed by atoms with Crippen molar-refractivity contribution >= 4 is 11.8 Å². The molecule has 2 aromatic carbocycles. The Labute approximate surface area is 118 Å². The summed E-state index contributed by atoms with van der Waals surface area (Å²) in [6.45, 7) is 1.84. The van der Waals surface area contributed by atoms with Gasteiger partial charge in [-0.25, -0.2) is 4.79 Å². The quantitative estimate of drug-likeness (QED) is 0.914. The predicted molar refractivity (Wildman–Crippen MR) is 78.0 cm³/mol. The summed E-state index contributed by atoms with van der Waals surface area (Å²) in [5, 5.41) is 2.68. The van der Waals surface area contributed by atoms with Gasteiger partial charge in [-0.15, -0.1) is 0 Å². The van der Waals surface area contributed by atoms with Crippen LogP contribution in [0.2, 0.25) is 0 Å². The number of amides is 1. The Bertz CT molecular complexity index is 552. The van der Waals surface area contributed by atoms with Crippen molar-refractivity contribution in [3.05, 3.63) is 60.2 Å². The largest absolute Gasteiger partial charge is 0.497 e. The first-order chi connectivity index (χ1) is 9.69. The van der Waals surface area contributed by atoms with Crippen molar-refractivity contribution in [3.8, 4) is 5.75 Å². The molecule has 0 saturated carbocycles. The number of carbonyl (C=O) groups is 1. The number of methoxy groups -OCH3 is 1. The highest BCUT2D eigenvalue weighted by Crippen LogP contribution is 2.18. The lowest BCUT2D eigenvalue weighted by Crippen LogP contribution is -2.15. The van der Waals surface area contributed by atoms with E-state index >= 15 is 0 Å². The minimum Gasteiger partial charge on any atom is -0.497 e. The molecule has 0 saturated heterocycles. The molecule has 0 aliphatic heterocycles. The average molecular weight is 271 g/mol. The Hall–Kier alpha value is -2.49. The second kappa shape index (κ2) is 6.61. The minimum absolute atomic E-state index is 0.297. The summed E-state index contributed by atoms with van der Waals surface area (Å²) in [7, 11) is 1.60. The van der Waals surface area contributed by atoms with Crippen molar-refractivity contribution in [1.29, 1.82) is 0 Å². The van der Waals surface area contributed by atoms with Gasteiger partial charge in [0.25, 0.3) is 0 Å². The molecule has 1 atom stereocenters. The van der Waals surface area contributed by atoms with Crippen molar-refractivity contribution in [2.45, 2.75) is 13.0 Å². The van der Waals surface area contributed by atoms with Gasteiger partial charge in [-0.3, -0.25) is 5.32 Å². The van der Waals surface area contributed by atoms with E-state index in [4.69, 9.17) is 9.47 Å². The lowest BCUT2D eigenvalue weighted by molar-refractivity contribution is 0.121. The maximum absolute atomic E-state index is 11.8. The van der Waals surface area contributed by atoms with Crippen LogP contribution in [0.3, 0.4) is 0 Å². The van der Waals surface area contributed by atoms with E-state index in [1.807, 2.05) is 37.3 Å². The third-order valence-electron chi connectivity index (χ3n) is 2.89. The van der Waals surface area contributed by atoms with Crippen LogP contribution in [0.5, 0.6) is 5.75 Å². The number of hydrogen-bond donors (Lipinski definition) is 1. The van der Waals surface area contributed by atoms with Gasteiger partial charge < -0.3 is 9.47 Å². The number of rotatable bonds is 4. The molecule has 0 radical (unpaired) electrons. The van der Waals surface area contributed by atoms with Gasteiger partial charge >= 0.3 is 6.09 Å². The second-order valence-corrected chi connectivity index (χ2v) is 4.31. The van der Waals surface area contributed by atoms with Gasteiger partial charge in [0.05, 0.1) is 7.11 Å². The monoisotopic (exact) mass is 271 g/mol. The van der Waals surface area contributed by atoms with Gasteiger partial charge in [-0.05, 0) is 36.8 Å². The van der Waals surface area contributed by atoms with E-state index in [1.54, 1.807) is 31.4 Å². The molecular formula is C16H17NO3. The zero-order valence-electron chi connectivity index (χ0n) is 11.5. The molecule has 2 aromatic rings. The Morgan fingerprint density at radius 2 is 1.70 bits per heavy atom. The van der Waals surface area contributed by atoms with Crippen LogP contribution in [0, 0.1) is 0 Å². The van der Waals surface area contributed by atoms with Crippen molar-refractivity contribution in [2.75, 3.05) is 12.4 Å². The molecule has 2 rings (SSSR count). The fraction of sp³-hybridized carbons (Fsp3) is 0.188. The average Bonchev–Trinajstić information content (AvgIpc) is 2.49. The molecule has 0 unspecified atom stereocenters. The zero-order valence-corrected chi connectivity index (χ0v) is 11.5. The summed E-state index contributed by atoms with van der Waals surface area (Å²) >= 11 is 0. The second-order valence-electron chi connectivity index (χ2n) is 4.31. The Morgan fingerprint density at radius 1 is 1.05 bits per heavy atom. The van der Waals surface area contributed by atoms with Gasteiger partial charge in [0, 0.05) is 5.69 Å². The summed E-state index contributed by atoms with van der Waals surface area (Å²) in [4.78, 5) is 11.8. The minimum atomic E-state index is -0.480. The molecule has 0 aliphatic carbocycles. The van der Waals surface area contributed by atoms with E-state index in [0.717, 1.165) is 11.3 Å². The summed E-state index contributed by atoms with van der Waals surface area (Å²) < 4.78 is 10.4. The molecule has 0 fully saturated rings. The number of carbonyl (C=O) groups excluding carboxylic acids is 1. The third-order valence-corrected chi connectivity index (χ3v) is 2.89. The number of benzene rings is 2. The van der Waals surface area contributed by atoms with Gasteiger partial charge in [-0.1, -0.05) is 30.3 Å². The van der Waals surface area contributed by atoms with E-state index in [-0.39, 0.29) is 6.10 Å². The molecular weight excluding hydrogens is 254 g/mol. The van der Waals surface area contributed by atoms with Crippen molar-refractivity contribution < 1.29 is 14.3 Å². The van der Waals surface area contributed by atoms with E-state index in [2.05, 4.69) is 5.32 Å². The van der Waals surface area contributed by atoms with Crippen LogP contribution in [0.25, 0.3) is 0 Å². The third kappa shape index (κ3) is 3.75. The highest BCUT2D eigenvalue weighted by molar-refractivity contribution is 5.84. The molecule has 0 aliphatic rings. The van der Waals surface area contributed by atoms with Gasteiger partial charge in [0.2, 0.25) is 0 Å². The topological polar surface area (TPSA) is 47.6 Å². The fourth-order valence-electron chi connectivity index (χ4n) is 1.77. The van der Waals surface area contributed by atoms with Crippen LogP contribution in [0.4, 0.5) is 10.5 Å². The number of anilines is 1.